The lowest BCUT2D eigenvalue weighted by Gasteiger charge is -2.26. The van der Waals surface area contributed by atoms with Crippen LogP contribution in [0.15, 0.2) is 22.7 Å². The zero-order valence-corrected chi connectivity index (χ0v) is 14.2. The summed E-state index contributed by atoms with van der Waals surface area (Å²) in [5.74, 6) is -0.143. The van der Waals surface area contributed by atoms with E-state index in [-0.39, 0.29) is 23.9 Å². The molecule has 0 heterocycles. The highest BCUT2D eigenvalue weighted by Crippen LogP contribution is 2.21. The first-order valence-corrected chi connectivity index (χ1v) is 7.11. The normalized spacial score (nSPS) is 10.8. The molecule has 108 valence electrons. The van der Waals surface area contributed by atoms with Crippen molar-refractivity contribution in [2.45, 2.75) is 32.2 Å². The van der Waals surface area contributed by atoms with Crippen LogP contribution in [0.2, 0.25) is 5.02 Å². The third-order valence-electron chi connectivity index (χ3n) is 3.19. The molecule has 0 saturated heterocycles. The van der Waals surface area contributed by atoms with Gasteiger partial charge in [0.1, 0.15) is 0 Å². The van der Waals surface area contributed by atoms with Gasteiger partial charge >= 0.3 is 0 Å². The highest BCUT2D eigenvalue weighted by atomic mass is 79.9. The molecule has 0 aliphatic rings. The molecular formula is C13H19BrCl2N2O. The summed E-state index contributed by atoms with van der Waals surface area (Å²) in [5, 5.41) is 3.46. The molecule has 3 N–H and O–H groups in total. The third-order valence-corrected chi connectivity index (χ3v) is 4.08. The Bertz CT molecular complexity index is 437. The predicted molar refractivity (Wildman–Crippen MR) is 86.2 cm³/mol. The Balaban J connectivity index is 0.00000324. The minimum absolute atomic E-state index is 0. The second-order valence-electron chi connectivity index (χ2n) is 4.38. The Hall–Kier alpha value is -0.290. The summed E-state index contributed by atoms with van der Waals surface area (Å²) >= 11 is 9.16. The van der Waals surface area contributed by atoms with Crippen LogP contribution in [-0.4, -0.2) is 18.0 Å². The van der Waals surface area contributed by atoms with Gasteiger partial charge in [0, 0.05) is 21.6 Å². The van der Waals surface area contributed by atoms with Crippen LogP contribution >= 0.6 is 39.9 Å². The van der Waals surface area contributed by atoms with Gasteiger partial charge < -0.3 is 11.1 Å². The third kappa shape index (κ3) is 5.30. The predicted octanol–water partition coefficient (Wildman–Crippen LogP) is 3.77. The Morgan fingerprint density at radius 3 is 2.47 bits per heavy atom. The van der Waals surface area contributed by atoms with Gasteiger partial charge in [0.25, 0.3) is 5.91 Å². The number of nitrogens with one attached hydrogen (secondary N) is 1. The second kappa shape index (κ2) is 8.10. The lowest BCUT2D eigenvalue weighted by molar-refractivity contribution is 0.0941. The van der Waals surface area contributed by atoms with Crippen molar-refractivity contribution in [2.75, 3.05) is 6.54 Å². The molecule has 0 fully saturated rings. The molecule has 1 aromatic carbocycles. The molecule has 3 nitrogen and oxygen atoms in total. The minimum atomic E-state index is -0.339. The highest BCUT2D eigenvalue weighted by Gasteiger charge is 2.21. The standard InChI is InChI=1S/C13H18BrClN2O.ClH/c1-3-13(16,4-2)8-17-12(18)10-6-5-9(15)7-11(10)14;/h5-7H,3-4,8,16H2,1-2H3,(H,17,18);1H. The van der Waals surface area contributed by atoms with E-state index in [9.17, 15) is 4.79 Å². The number of amides is 1. The van der Waals surface area contributed by atoms with Gasteiger partial charge in [-0.2, -0.15) is 0 Å². The Labute approximate surface area is 133 Å². The van der Waals surface area contributed by atoms with Crippen LogP contribution in [0, 0.1) is 0 Å². The average molecular weight is 370 g/mol. The zero-order valence-electron chi connectivity index (χ0n) is 11.0. The number of rotatable bonds is 5. The molecule has 0 aliphatic carbocycles. The summed E-state index contributed by atoms with van der Waals surface area (Å²) in [6.45, 7) is 4.51. The van der Waals surface area contributed by atoms with E-state index in [1.54, 1.807) is 18.2 Å². The van der Waals surface area contributed by atoms with E-state index in [0.717, 1.165) is 12.8 Å². The van der Waals surface area contributed by atoms with Crippen molar-refractivity contribution in [3.05, 3.63) is 33.3 Å². The van der Waals surface area contributed by atoms with Gasteiger partial charge in [-0.15, -0.1) is 12.4 Å². The Morgan fingerprint density at radius 1 is 1.42 bits per heavy atom. The molecule has 0 radical (unpaired) electrons. The number of halogens is 3. The maximum atomic E-state index is 12.0. The van der Waals surface area contributed by atoms with Gasteiger partial charge in [-0.05, 0) is 47.0 Å². The lowest BCUT2D eigenvalue weighted by atomic mass is 9.94. The SMILES string of the molecule is CCC(N)(CC)CNC(=O)c1ccc(Cl)cc1Br.Cl. The van der Waals surface area contributed by atoms with E-state index in [0.29, 0.717) is 21.6 Å². The summed E-state index contributed by atoms with van der Waals surface area (Å²) in [4.78, 5) is 12.0. The maximum Gasteiger partial charge on any atom is 0.252 e. The quantitative estimate of drug-likeness (QED) is 0.829. The first kappa shape index (κ1) is 18.7. The topological polar surface area (TPSA) is 55.1 Å². The minimum Gasteiger partial charge on any atom is -0.350 e. The summed E-state index contributed by atoms with van der Waals surface area (Å²) in [5.41, 5.74) is 6.36. The van der Waals surface area contributed by atoms with Crippen LogP contribution in [0.5, 0.6) is 0 Å². The molecule has 0 bridgehead atoms. The van der Waals surface area contributed by atoms with Crippen molar-refractivity contribution in [3.63, 3.8) is 0 Å². The number of hydrogen-bond acceptors (Lipinski definition) is 2. The molecule has 1 amide bonds. The Morgan fingerprint density at radius 2 is 2.00 bits per heavy atom. The highest BCUT2D eigenvalue weighted by molar-refractivity contribution is 9.10. The molecule has 1 aromatic rings. The molecular weight excluding hydrogens is 351 g/mol. The summed E-state index contributed by atoms with van der Waals surface area (Å²) in [7, 11) is 0. The van der Waals surface area contributed by atoms with Gasteiger partial charge in [0.05, 0.1) is 5.56 Å². The van der Waals surface area contributed by atoms with Gasteiger partial charge in [0.2, 0.25) is 0 Å². The van der Waals surface area contributed by atoms with Crippen LogP contribution in [0.1, 0.15) is 37.0 Å². The molecule has 0 atom stereocenters. The van der Waals surface area contributed by atoms with E-state index in [1.165, 1.54) is 0 Å². The van der Waals surface area contributed by atoms with Crippen molar-refractivity contribution >= 4 is 45.8 Å². The van der Waals surface area contributed by atoms with Gasteiger partial charge in [0.15, 0.2) is 0 Å². The smallest absolute Gasteiger partial charge is 0.252 e. The van der Waals surface area contributed by atoms with Crippen LogP contribution in [0.3, 0.4) is 0 Å². The van der Waals surface area contributed by atoms with Crippen molar-refractivity contribution < 1.29 is 4.79 Å². The van der Waals surface area contributed by atoms with E-state index in [2.05, 4.69) is 21.2 Å². The van der Waals surface area contributed by atoms with Gasteiger partial charge in [-0.25, -0.2) is 0 Å². The van der Waals surface area contributed by atoms with Crippen molar-refractivity contribution in [1.82, 2.24) is 5.32 Å². The van der Waals surface area contributed by atoms with Gasteiger partial charge in [-0.1, -0.05) is 25.4 Å². The number of benzene rings is 1. The monoisotopic (exact) mass is 368 g/mol. The van der Waals surface area contributed by atoms with E-state index in [1.807, 2.05) is 13.8 Å². The molecule has 0 unspecified atom stereocenters. The van der Waals surface area contributed by atoms with E-state index in [4.69, 9.17) is 17.3 Å². The van der Waals surface area contributed by atoms with Crippen LogP contribution < -0.4 is 11.1 Å². The van der Waals surface area contributed by atoms with Gasteiger partial charge in [-0.3, -0.25) is 4.79 Å². The molecule has 0 spiro atoms. The van der Waals surface area contributed by atoms with Crippen molar-refractivity contribution in [3.8, 4) is 0 Å². The summed E-state index contributed by atoms with van der Waals surface area (Å²) < 4.78 is 0.683. The number of carbonyl (C=O) groups excluding carboxylic acids is 1. The molecule has 0 aromatic heterocycles. The summed E-state index contributed by atoms with van der Waals surface area (Å²) in [6.07, 6.45) is 1.65. The molecule has 1 rings (SSSR count). The summed E-state index contributed by atoms with van der Waals surface area (Å²) in [6, 6.07) is 5.08. The van der Waals surface area contributed by atoms with E-state index < -0.39 is 0 Å². The number of carbonyl (C=O) groups is 1. The lowest BCUT2D eigenvalue weighted by Crippen LogP contribution is -2.49. The molecule has 0 saturated carbocycles. The Kier molecular flexibility index (Phi) is 7.98. The van der Waals surface area contributed by atoms with E-state index >= 15 is 0 Å². The fourth-order valence-electron chi connectivity index (χ4n) is 1.53. The first-order chi connectivity index (χ1) is 8.41. The molecule has 6 heteroatoms. The van der Waals surface area contributed by atoms with Crippen LogP contribution in [0.25, 0.3) is 0 Å². The van der Waals surface area contributed by atoms with Crippen molar-refractivity contribution in [1.29, 1.82) is 0 Å². The fraction of sp³-hybridized carbons (Fsp3) is 0.462. The van der Waals surface area contributed by atoms with Crippen LogP contribution in [-0.2, 0) is 0 Å². The van der Waals surface area contributed by atoms with Crippen molar-refractivity contribution in [2.24, 2.45) is 5.73 Å². The fourth-order valence-corrected chi connectivity index (χ4v) is 2.39. The largest absolute Gasteiger partial charge is 0.350 e. The molecule has 0 aliphatic heterocycles. The average Bonchev–Trinajstić information content (AvgIpc) is 2.35. The zero-order chi connectivity index (χ0) is 13.8. The van der Waals surface area contributed by atoms with Crippen LogP contribution in [0.4, 0.5) is 0 Å². The first-order valence-electron chi connectivity index (χ1n) is 5.94. The second-order valence-corrected chi connectivity index (χ2v) is 5.67. The maximum absolute atomic E-state index is 12.0. The molecule has 19 heavy (non-hydrogen) atoms. The number of hydrogen-bond donors (Lipinski definition) is 2. The number of nitrogens with two attached hydrogens (primary N) is 1.